The number of sulfonamides is 1. The van der Waals surface area contributed by atoms with Gasteiger partial charge in [-0.3, -0.25) is 4.79 Å². The molecule has 0 heterocycles. The van der Waals surface area contributed by atoms with Gasteiger partial charge in [0.2, 0.25) is 15.9 Å². The standard InChI is InChI=1S/C17H17F3N2O4S/c1-10-13(7-5-8-14(10)26-17(19)20)21-16(23)11(2)22-27(24,25)15-9-4-3-6-12(15)18/h3-9,11,17,22H,1-2H3,(H,21,23)/t11-/m0/s1. The van der Waals surface area contributed by atoms with Gasteiger partial charge in [0.1, 0.15) is 16.5 Å². The highest BCUT2D eigenvalue weighted by Crippen LogP contribution is 2.27. The van der Waals surface area contributed by atoms with E-state index in [1.54, 1.807) is 0 Å². The van der Waals surface area contributed by atoms with E-state index in [4.69, 9.17) is 0 Å². The van der Waals surface area contributed by atoms with Crippen LogP contribution in [0.3, 0.4) is 0 Å². The van der Waals surface area contributed by atoms with Crippen LogP contribution in [0.4, 0.5) is 18.9 Å². The van der Waals surface area contributed by atoms with Crippen LogP contribution in [0, 0.1) is 12.7 Å². The van der Waals surface area contributed by atoms with Crippen LogP contribution in [0.15, 0.2) is 47.4 Å². The summed E-state index contributed by atoms with van der Waals surface area (Å²) in [5, 5.41) is 2.43. The van der Waals surface area contributed by atoms with Gasteiger partial charge in [-0.1, -0.05) is 18.2 Å². The largest absolute Gasteiger partial charge is 0.434 e. The van der Waals surface area contributed by atoms with Crippen molar-refractivity contribution in [1.82, 2.24) is 4.72 Å². The molecule has 27 heavy (non-hydrogen) atoms. The molecule has 0 radical (unpaired) electrons. The number of alkyl halides is 2. The number of ether oxygens (including phenoxy) is 1. The SMILES string of the molecule is Cc1c(NC(=O)[C@H](C)NS(=O)(=O)c2ccccc2F)cccc1OC(F)F. The molecule has 146 valence electrons. The lowest BCUT2D eigenvalue weighted by atomic mass is 10.1. The number of carbonyl (C=O) groups is 1. The van der Waals surface area contributed by atoms with Gasteiger partial charge in [-0.25, -0.2) is 12.8 Å². The molecule has 0 aromatic heterocycles. The minimum atomic E-state index is -4.27. The van der Waals surface area contributed by atoms with Crippen molar-refractivity contribution in [3.63, 3.8) is 0 Å². The number of rotatable bonds is 7. The van der Waals surface area contributed by atoms with E-state index in [9.17, 15) is 26.4 Å². The van der Waals surface area contributed by atoms with Crippen LogP contribution < -0.4 is 14.8 Å². The number of carbonyl (C=O) groups excluding carboxylic acids is 1. The minimum absolute atomic E-state index is 0.123. The molecule has 0 saturated carbocycles. The van der Waals surface area contributed by atoms with Crippen LogP contribution in [-0.4, -0.2) is 27.0 Å². The van der Waals surface area contributed by atoms with Gasteiger partial charge in [0.15, 0.2) is 0 Å². The summed E-state index contributed by atoms with van der Waals surface area (Å²) in [5.41, 5.74) is 0.422. The molecule has 0 saturated heterocycles. The van der Waals surface area contributed by atoms with Gasteiger partial charge in [0.25, 0.3) is 0 Å². The van der Waals surface area contributed by atoms with E-state index >= 15 is 0 Å². The smallest absolute Gasteiger partial charge is 0.387 e. The number of halogens is 3. The second-order valence-electron chi connectivity index (χ2n) is 5.57. The predicted molar refractivity (Wildman–Crippen MR) is 92.6 cm³/mol. The first-order chi connectivity index (χ1) is 12.6. The summed E-state index contributed by atoms with van der Waals surface area (Å²) >= 11 is 0. The third-order valence-electron chi connectivity index (χ3n) is 3.61. The molecule has 1 atom stereocenters. The van der Waals surface area contributed by atoms with Crippen LogP contribution in [0.25, 0.3) is 0 Å². The molecule has 10 heteroatoms. The first kappa shape index (κ1) is 20.7. The van der Waals surface area contributed by atoms with Crippen molar-refractivity contribution in [2.75, 3.05) is 5.32 Å². The Labute approximate surface area is 154 Å². The Morgan fingerprint density at radius 2 is 1.78 bits per heavy atom. The molecule has 0 fully saturated rings. The number of hydrogen-bond acceptors (Lipinski definition) is 4. The van der Waals surface area contributed by atoms with Crippen molar-refractivity contribution in [3.8, 4) is 5.75 Å². The van der Waals surface area contributed by atoms with Gasteiger partial charge in [-0.2, -0.15) is 13.5 Å². The number of hydrogen-bond donors (Lipinski definition) is 2. The molecule has 0 aliphatic heterocycles. The Morgan fingerprint density at radius 3 is 2.41 bits per heavy atom. The fraction of sp³-hybridized carbons (Fsp3) is 0.235. The molecule has 2 aromatic rings. The van der Waals surface area contributed by atoms with Crippen LogP contribution in [-0.2, 0) is 14.8 Å². The summed E-state index contributed by atoms with van der Waals surface area (Å²) in [6, 6.07) is 7.63. The van der Waals surface area contributed by atoms with Gasteiger partial charge in [-0.05, 0) is 38.1 Å². The van der Waals surface area contributed by atoms with Crippen molar-refractivity contribution in [2.45, 2.75) is 31.4 Å². The monoisotopic (exact) mass is 402 g/mol. The third-order valence-corrected chi connectivity index (χ3v) is 5.18. The summed E-state index contributed by atoms with van der Waals surface area (Å²) in [6.07, 6.45) is 0. The first-order valence-electron chi connectivity index (χ1n) is 7.74. The predicted octanol–water partition coefficient (Wildman–Crippen LogP) is 3.04. The number of benzene rings is 2. The average Bonchev–Trinajstić information content (AvgIpc) is 2.57. The number of anilines is 1. The Bertz CT molecular complexity index is 936. The molecule has 2 N–H and O–H groups in total. The lowest BCUT2D eigenvalue weighted by molar-refractivity contribution is -0.117. The van der Waals surface area contributed by atoms with Gasteiger partial charge in [0, 0.05) is 11.3 Å². The fourth-order valence-corrected chi connectivity index (χ4v) is 3.51. The van der Waals surface area contributed by atoms with E-state index in [-0.39, 0.29) is 17.0 Å². The van der Waals surface area contributed by atoms with Crippen LogP contribution in [0.2, 0.25) is 0 Å². The molecule has 2 rings (SSSR count). The Hall–Kier alpha value is -2.59. The summed E-state index contributed by atoms with van der Waals surface area (Å²) in [5.74, 6) is -1.83. The lowest BCUT2D eigenvalue weighted by Gasteiger charge is -2.17. The highest BCUT2D eigenvalue weighted by atomic mass is 32.2. The quantitative estimate of drug-likeness (QED) is 0.746. The zero-order chi connectivity index (χ0) is 20.2. The highest BCUT2D eigenvalue weighted by molar-refractivity contribution is 7.89. The summed E-state index contributed by atoms with van der Waals surface area (Å²) < 4.78 is 69.3. The molecule has 0 spiro atoms. The molecule has 2 aromatic carbocycles. The van der Waals surface area contributed by atoms with E-state index in [1.807, 2.05) is 0 Å². The third kappa shape index (κ3) is 5.20. The van der Waals surface area contributed by atoms with Gasteiger partial charge < -0.3 is 10.1 Å². The zero-order valence-electron chi connectivity index (χ0n) is 14.4. The minimum Gasteiger partial charge on any atom is -0.434 e. The van der Waals surface area contributed by atoms with Gasteiger partial charge in [0.05, 0.1) is 6.04 Å². The van der Waals surface area contributed by atoms with Crippen molar-refractivity contribution in [1.29, 1.82) is 0 Å². The molecule has 0 bridgehead atoms. The molecular weight excluding hydrogens is 385 g/mol. The second-order valence-corrected chi connectivity index (χ2v) is 7.25. The first-order valence-corrected chi connectivity index (χ1v) is 9.22. The average molecular weight is 402 g/mol. The van der Waals surface area contributed by atoms with Crippen molar-refractivity contribution >= 4 is 21.6 Å². The van der Waals surface area contributed by atoms with Crippen molar-refractivity contribution < 1.29 is 31.1 Å². The Morgan fingerprint density at radius 1 is 1.11 bits per heavy atom. The van der Waals surface area contributed by atoms with E-state index in [1.165, 1.54) is 44.2 Å². The fourth-order valence-electron chi connectivity index (χ4n) is 2.23. The summed E-state index contributed by atoms with van der Waals surface area (Å²) in [7, 11) is -4.27. The molecule has 1 amide bonds. The maximum absolute atomic E-state index is 13.7. The molecular formula is C17H17F3N2O4S. The summed E-state index contributed by atoms with van der Waals surface area (Å²) in [4.78, 5) is 11.7. The van der Waals surface area contributed by atoms with Crippen LogP contribution in [0.1, 0.15) is 12.5 Å². The topological polar surface area (TPSA) is 84.5 Å². The van der Waals surface area contributed by atoms with E-state index in [2.05, 4.69) is 14.8 Å². The Balaban J connectivity index is 2.14. The van der Waals surface area contributed by atoms with Crippen molar-refractivity contribution in [2.24, 2.45) is 0 Å². The lowest BCUT2D eigenvalue weighted by Crippen LogP contribution is -2.41. The number of amides is 1. The second kappa shape index (κ2) is 8.40. The summed E-state index contributed by atoms with van der Waals surface area (Å²) in [6.45, 7) is -0.300. The van der Waals surface area contributed by atoms with Crippen molar-refractivity contribution in [3.05, 3.63) is 53.8 Å². The number of nitrogens with one attached hydrogen (secondary N) is 2. The Kier molecular flexibility index (Phi) is 6.45. The van der Waals surface area contributed by atoms with E-state index in [0.29, 0.717) is 0 Å². The van der Waals surface area contributed by atoms with E-state index in [0.717, 1.165) is 12.1 Å². The van der Waals surface area contributed by atoms with Gasteiger partial charge in [-0.15, -0.1) is 0 Å². The zero-order valence-corrected chi connectivity index (χ0v) is 15.2. The normalized spacial score (nSPS) is 12.7. The van der Waals surface area contributed by atoms with E-state index < -0.39 is 39.3 Å². The molecule has 0 aliphatic rings. The van der Waals surface area contributed by atoms with Crippen LogP contribution in [0.5, 0.6) is 5.75 Å². The van der Waals surface area contributed by atoms with Crippen LogP contribution >= 0.6 is 0 Å². The maximum Gasteiger partial charge on any atom is 0.387 e. The molecule has 0 unspecified atom stereocenters. The molecule has 0 aliphatic carbocycles. The van der Waals surface area contributed by atoms with Gasteiger partial charge >= 0.3 is 6.61 Å². The highest BCUT2D eigenvalue weighted by Gasteiger charge is 2.25. The maximum atomic E-state index is 13.7. The molecule has 6 nitrogen and oxygen atoms in total.